The number of benzene rings is 2. The Morgan fingerprint density at radius 3 is 2.10 bits per heavy atom. The highest BCUT2D eigenvalue weighted by Crippen LogP contribution is 2.31. The fourth-order valence-corrected chi connectivity index (χ4v) is 5.76. The average molecular weight is 684 g/mol. The lowest BCUT2D eigenvalue weighted by molar-refractivity contribution is -0.131. The van der Waals surface area contributed by atoms with Crippen molar-refractivity contribution >= 4 is 17.5 Å². The molecule has 12 heteroatoms. The Morgan fingerprint density at radius 1 is 0.960 bits per heavy atom. The molecule has 0 bridgehead atoms. The number of carbonyl (C=O) groups is 2. The number of nitrogens with zero attached hydrogens (tertiary/aromatic N) is 5. The molecular weight excluding hydrogens is 630 g/mol. The van der Waals surface area contributed by atoms with Crippen molar-refractivity contribution in [3.8, 4) is 22.4 Å². The van der Waals surface area contributed by atoms with Crippen LogP contribution in [0.3, 0.4) is 0 Å². The molecule has 1 aliphatic rings. The molecule has 12 nitrogen and oxygen atoms in total. The predicted molar refractivity (Wildman–Crippen MR) is 200 cm³/mol. The van der Waals surface area contributed by atoms with Crippen molar-refractivity contribution in [2.45, 2.75) is 53.0 Å². The van der Waals surface area contributed by atoms with E-state index in [0.29, 0.717) is 43.6 Å². The zero-order valence-corrected chi connectivity index (χ0v) is 30.2. The standard InChI is InChI=1S/C38H53N9O3/c1-7-20-44(36(48)23-41-5)25-27(4)46(39)33(9-3)30-14-10-28(11-15-30)29-12-16-31(17-13-29)34-22-42-35(47(34)40)26-45(21-8-2)37(49)24-43-38(50-6)32-18-19-32/h9-17,22,41,43H,4,7-8,18-21,23-26,39-40H2,1-3,5-6H3/b33-9-. The van der Waals surface area contributed by atoms with Crippen molar-refractivity contribution in [3.63, 3.8) is 0 Å². The molecule has 1 aliphatic carbocycles. The molecule has 0 spiro atoms. The van der Waals surface area contributed by atoms with Crippen molar-refractivity contribution < 1.29 is 14.3 Å². The largest absolute Gasteiger partial charge is 0.483 e. The summed E-state index contributed by atoms with van der Waals surface area (Å²) < 4.78 is 6.95. The van der Waals surface area contributed by atoms with Crippen LogP contribution in [0.4, 0.5) is 0 Å². The van der Waals surface area contributed by atoms with Crippen LogP contribution < -0.4 is 22.3 Å². The summed E-state index contributed by atoms with van der Waals surface area (Å²) in [6.07, 6.45) is 7.36. The van der Waals surface area contributed by atoms with E-state index in [0.717, 1.165) is 59.3 Å². The average Bonchev–Trinajstić information content (AvgIpc) is 3.91. The summed E-state index contributed by atoms with van der Waals surface area (Å²) in [6, 6.07) is 16.3. The molecule has 1 aromatic heterocycles. The smallest absolute Gasteiger partial charge is 0.242 e. The number of likely N-dealkylation sites (N-methyl/N-ethyl adjacent to an activating group) is 1. The minimum Gasteiger partial charge on any atom is -0.483 e. The second-order valence-electron chi connectivity index (χ2n) is 12.3. The highest BCUT2D eigenvalue weighted by molar-refractivity contribution is 5.79. The number of hydrogen-bond donors (Lipinski definition) is 4. The van der Waals surface area contributed by atoms with Crippen LogP contribution in [0, 0.1) is 0 Å². The lowest BCUT2D eigenvalue weighted by Crippen LogP contribution is -2.42. The third-order valence-corrected chi connectivity index (χ3v) is 8.59. The lowest BCUT2D eigenvalue weighted by atomic mass is 10.0. The molecular formula is C38H53N9O3. The minimum absolute atomic E-state index is 0.00943. The van der Waals surface area contributed by atoms with Crippen LogP contribution in [-0.2, 0) is 20.9 Å². The maximum Gasteiger partial charge on any atom is 0.242 e. The van der Waals surface area contributed by atoms with Crippen LogP contribution in [0.2, 0.25) is 0 Å². The Balaban J connectivity index is 1.41. The number of carbonyl (C=O) groups excluding carboxylic acids is 2. The van der Waals surface area contributed by atoms with Crippen molar-refractivity contribution in [3.05, 3.63) is 95.9 Å². The van der Waals surface area contributed by atoms with E-state index in [1.54, 1.807) is 39.8 Å². The molecule has 0 radical (unpaired) electrons. The highest BCUT2D eigenvalue weighted by Gasteiger charge is 2.22. The monoisotopic (exact) mass is 683 g/mol. The molecule has 4 rings (SSSR count). The van der Waals surface area contributed by atoms with Crippen molar-refractivity contribution in [1.29, 1.82) is 0 Å². The van der Waals surface area contributed by atoms with Gasteiger partial charge in [0, 0.05) is 24.4 Å². The molecule has 1 fully saturated rings. The molecule has 0 saturated heterocycles. The predicted octanol–water partition coefficient (Wildman–Crippen LogP) is 4.42. The van der Waals surface area contributed by atoms with Gasteiger partial charge in [0.15, 0.2) is 5.88 Å². The van der Waals surface area contributed by atoms with Crippen LogP contribution in [0.5, 0.6) is 0 Å². The SMILES string of the molecule is C=C(CN(CCC)C(=O)CNC)N(N)/C(=C\C)c1ccc(-c2ccc(-c3cnc(CN(CCC)C(=O)CNC(OC)=C4CC4)n3N)cc2)cc1. The van der Waals surface area contributed by atoms with Crippen molar-refractivity contribution in [2.24, 2.45) is 5.84 Å². The first kappa shape index (κ1) is 37.7. The number of amides is 2. The fraction of sp³-hybridized carbons (Fsp3) is 0.395. The normalized spacial score (nSPS) is 12.4. The van der Waals surface area contributed by atoms with E-state index >= 15 is 0 Å². The third-order valence-electron chi connectivity index (χ3n) is 8.59. The van der Waals surface area contributed by atoms with Crippen molar-refractivity contribution in [2.75, 3.05) is 52.7 Å². The maximum absolute atomic E-state index is 13.1. The molecule has 6 N–H and O–H groups in total. The molecule has 0 atom stereocenters. The van der Waals surface area contributed by atoms with E-state index in [-0.39, 0.29) is 24.9 Å². The van der Waals surface area contributed by atoms with Crippen LogP contribution in [-0.4, -0.2) is 83.2 Å². The van der Waals surface area contributed by atoms with Gasteiger partial charge in [-0.3, -0.25) is 14.6 Å². The van der Waals surface area contributed by atoms with Crippen LogP contribution in [0.25, 0.3) is 28.1 Å². The van der Waals surface area contributed by atoms with Gasteiger partial charge in [0.25, 0.3) is 0 Å². The van der Waals surface area contributed by atoms with E-state index in [1.807, 2.05) is 51.1 Å². The number of hydrogen-bond acceptors (Lipinski definition) is 9. The number of nitrogens with two attached hydrogens (primary N) is 2. The zero-order chi connectivity index (χ0) is 36.2. The molecule has 0 aliphatic heterocycles. The summed E-state index contributed by atoms with van der Waals surface area (Å²) in [5.41, 5.74) is 7.34. The van der Waals surface area contributed by atoms with Gasteiger partial charge in [-0.05, 0) is 61.9 Å². The van der Waals surface area contributed by atoms with Crippen LogP contribution >= 0.6 is 0 Å². The Bertz CT molecular complexity index is 1670. The van der Waals surface area contributed by atoms with E-state index in [9.17, 15) is 9.59 Å². The summed E-state index contributed by atoms with van der Waals surface area (Å²) in [5, 5.41) is 7.62. The van der Waals surface area contributed by atoms with Gasteiger partial charge >= 0.3 is 0 Å². The fourth-order valence-electron chi connectivity index (χ4n) is 5.76. The summed E-state index contributed by atoms with van der Waals surface area (Å²) in [5.74, 6) is 14.3. The Morgan fingerprint density at radius 2 is 1.54 bits per heavy atom. The molecule has 1 saturated carbocycles. The molecule has 268 valence electrons. The van der Waals surface area contributed by atoms with Gasteiger partial charge in [-0.15, -0.1) is 0 Å². The number of aromatic nitrogens is 2. The van der Waals surface area contributed by atoms with Gasteiger partial charge in [-0.2, -0.15) is 0 Å². The molecule has 1 heterocycles. The second-order valence-corrected chi connectivity index (χ2v) is 12.3. The quantitative estimate of drug-likeness (QED) is 0.0820. The molecule has 3 aromatic rings. The number of imidazole rings is 1. The van der Waals surface area contributed by atoms with E-state index in [2.05, 4.69) is 46.5 Å². The first-order valence-electron chi connectivity index (χ1n) is 17.3. The van der Waals surface area contributed by atoms with E-state index in [4.69, 9.17) is 16.4 Å². The van der Waals surface area contributed by atoms with E-state index < -0.39 is 0 Å². The van der Waals surface area contributed by atoms with Crippen LogP contribution in [0.1, 0.15) is 57.8 Å². The zero-order valence-electron chi connectivity index (χ0n) is 30.2. The Kier molecular flexibility index (Phi) is 13.6. The van der Waals surface area contributed by atoms with Gasteiger partial charge in [-0.25, -0.2) is 15.5 Å². The number of ether oxygens (including phenoxy) is 1. The summed E-state index contributed by atoms with van der Waals surface area (Å²) in [6.45, 7) is 12.5. The first-order valence-corrected chi connectivity index (χ1v) is 17.3. The lowest BCUT2D eigenvalue weighted by Gasteiger charge is -2.29. The number of rotatable bonds is 19. The number of hydrazine groups is 1. The minimum atomic E-state index is -0.0384. The Hall–Kier alpha value is -5.07. The first-order chi connectivity index (χ1) is 24.1. The van der Waals surface area contributed by atoms with Crippen molar-refractivity contribution in [1.82, 2.24) is 35.1 Å². The highest BCUT2D eigenvalue weighted by atomic mass is 16.5. The molecule has 50 heavy (non-hydrogen) atoms. The number of methoxy groups -OCH3 is 1. The van der Waals surface area contributed by atoms with Gasteiger partial charge in [-0.1, -0.05) is 75.0 Å². The number of nitrogen functional groups attached to an aromatic ring is 1. The second kappa shape index (κ2) is 18.1. The Labute approximate surface area is 296 Å². The number of nitrogens with one attached hydrogen (secondary N) is 2. The van der Waals surface area contributed by atoms with Gasteiger partial charge in [0.2, 0.25) is 11.8 Å². The number of allylic oxidation sites excluding steroid dienone is 2. The van der Waals surface area contributed by atoms with Gasteiger partial charge < -0.3 is 31.0 Å². The summed E-state index contributed by atoms with van der Waals surface area (Å²) >= 11 is 0. The third kappa shape index (κ3) is 9.54. The molecule has 2 aromatic carbocycles. The van der Waals surface area contributed by atoms with Gasteiger partial charge in [0.05, 0.1) is 50.9 Å². The van der Waals surface area contributed by atoms with Crippen LogP contribution in [0.15, 0.2) is 84.5 Å². The molecule has 0 unspecified atom stereocenters. The molecule has 2 amide bonds. The van der Waals surface area contributed by atoms with E-state index in [1.165, 1.54) is 5.57 Å². The maximum atomic E-state index is 13.1. The summed E-state index contributed by atoms with van der Waals surface area (Å²) in [4.78, 5) is 33.7. The summed E-state index contributed by atoms with van der Waals surface area (Å²) in [7, 11) is 3.38. The topological polar surface area (TPSA) is 147 Å². The van der Waals surface area contributed by atoms with Gasteiger partial charge in [0.1, 0.15) is 5.82 Å².